The Kier molecular flexibility index (Phi) is 6.85. The van der Waals surface area contributed by atoms with Gasteiger partial charge in [0.1, 0.15) is 6.04 Å². The zero-order valence-corrected chi connectivity index (χ0v) is 11.5. The minimum absolute atomic E-state index is 0.177. The van der Waals surface area contributed by atoms with Gasteiger partial charge < -0.3 is 9.84 Å². The molecule has 0 saturated heterocycles. The van der Waals surface area contributed by atoms with Gasteiger partial charge in [0.15, 0.2) is 0 Å². The van der Waals surface area contributed by atoms with Gasteiger partial charge in [-0.05, 0) is 12.8 Å². The first-order chi connectivity index (χ1) is 8.19. The first-order valence-corrected chi connectivity index (χ1v) is 7.23. The molecule has 0 aromatic carbocycles. The molecule has 8 heteroatoms. The lowest BCUT2D eigenvalue weighted by Crippen LogP contribution is -2.45. The van der Waals surface area contributed by atoms with Crippen molar-refractivity contribution in [2.45, 2.75) is 33.2 Å². The Morgan fingerprint density at radius 1 is 1.33 bits per heavy atom. The van der Waals surface area contributed by atoms with Crippen molar-refractivity contribution in [3.05, 3.63) is 0 Å². The van der Waals surface area contributed by atoms with Crippen molar-refractivity contribution < 1.29 is 27.9 Å². The Morgan fingerprint density at radius 3 is 2.28 bits per heavy atom. The van der Waals surface area contributed by atoms with Crippen LogP contribution in [0, 0.1) is 5.92 Å². The quantitative estimate of drug-likeness (QED) is 0.604. The lowest BCUT2D eigenvalue weighted by atomic mass is 10.1. The summed E-state index contributed by atoms with van der Waals surface area (Å²) >= 11 is 0. The zero-order chi connectivity index (χ0) is 14.3. The van der Waals surface area contributed by atoms with Crippen LogP contribution in [0.5, 0.6) is 0 Å². The van der Waals surface area contributed by atoms with Crippen molar-refractivity contribution in [3.63, 3.8) is 0 Å². The van der Waals surface area contributed by atoms with E-state index in [1.807, 2.05) is 0 Å². The third kappa shape index (κ3) is 6.55. The Labute approximate surface area is 107 Å². The summed E-state index contributed by atoms with van der Waals surface area (Å²) in [5.74, 6) is -2.74. The van der Waals surface area contributed by atoms with E-state index >= 15 is 0 Å². The number of ether oxygens (including phenoxy) is 1. The molecule has 0 amide bonds. The summed E-state index contributed by atoms with van der Waals surface area (Å²) in [6, 6.07) is -1.20. The van der Waals surface area contributed by atoms with E-state index in [2.05, 4.69) is 9.46 Å². The van der Waals surface area contributed by atoms with E-state index < -0.39 is 33.8 Å². The SMILES string of the molecule is CCOC(=O)CCS(=O)(=O)NC(C(=O)O)C(C)C. The Bertz CT molecular complexity index is 389. The molecular formula is C10H19NO6S. The Balaban J connectivity index is 4.46. The summed E-state index contributed by atoms with van der Waals surface area (Å²) in [7, 11) is -3.82. The molecule has 0 aliphatic heterocycles. The van der Waals surface area contributed by atoms with Gasteiger partial charge in [-0.2, -0.15) is 0 Å². The van der Waals surface area contributed by atoms with Crippen LogP contribution in [0.15, 0.2) is 0 Å². The predicted octanol–water partition coefficient (Wildman–Crippen LogP) is -0.0318. The number of carbonyl (C=O) groups excluding carboxylic acids is 1. The van der Waals surface area contributed by atoms with Crippen molar-refractivity contribution in [2.24, 2.45) is 5.92 Å². The predicted molar refractivity (Wildman–Crippen MR) is 64.4 cm³/mol. The van der Waals surface area contributed by atoms with Crippen LogP contribution in [-0.2, 0) is 24.3 Å². The highest BCUT2D eigenvalue weighted by Crippen LogP contribution is 2.04. The van der Waals surface area contributed by atoms with Crippen molar-refractivity contribution in [1.82, 2.24) is 4.72 Å². The molecule has 1 atom stereocenters. The fourth-order valence-electron chi connectivity index (χ4n) is 1.17. The first kappa shape index (κ1) is 16.9. The smallest absolute Gasteiger partial charge is 0.321 e. The largest absolute Gasteiger partial charge is 0.480 e. The second-order valence-electron chi connectivity index (χ2n) is 4.05. The molecule has 1 unspecified atom stereocenters. The molecule has 0 fully saturated rings. The van der Waals surface area contributed by atoms with Crippen LogP contribution in [-0.4, -0.2) is 43.9 Å². The van der Waals surface area contributed by atoms with Gasteiger partial charge in [0.2, 0.25) is 10.0 Å². The number of carbonyl (C=O) groups is 2. The van der Waals surface area contributed by atoms with Crippen LogP contribution in [0.3, 0.4) is 0 Å². The van der Waals surface area contributed by atoms with Gasteiger partial charge in [0, 0.05) is 0 Å². The lowest BCUT2D eigenvalue weighted by molar-refractivity contribution is -0.142. The summed E-state index contributed by atoms with van der Waals surface area (Å²) in [5, 5.41) is 8.85. The van der Waals surface area contributed by atoms with Gasteiger partial charge in [-0.1, -0.05) is 13.8 Å². The third-order valence-electron chi connectivity index (χ3n) is 2.12. The van der Waals surface area contributed by atoms with E-state index in [1.54, 1.807) is 20.8 Å². The van der Waals surface area contributed by atoms with Crippen LogP contribution in [0.4, 0.5) is 0 Å². The molecule has 0 rings (SSSR count). The number of esters is 1. The van der Waals surface area contributed by atoms with Crippen LogP contribution in [0.2, 0.25) is 0 Å². The van der Waals surface area contributed by atoms with Gasteiger partial charge >= 0.3 is 11.9 Å². The highest BCUT2D eigenvalue weighted by atomic mass is 32.2. The Morgan fingerprint density at radius 2 is 1.89 bits per heavy atom. The van der Waals surface area contributed by atoms with E-state index in [0.29, 0.717) is 0 Å². The number of carboxylic acids is 1. The number of carboxylic acid groups (broad SMARTS) is 1. The molecule has 2 N–H and O–H groups in total. The summed E-state index contributed by atoms with van der Waals surface area (Å²) in [6.45, 7) is 4.97. The van der Waals surface area contributed by atoms with E-state index in [-0.39, 0.29) is 18.9 Å². The molecule has 0 aromatic heterocycles. The molecule has 0 aromatic rings. The van der Waals surface area contributed by atoms with E-state index in [4.69, 9.17) is 5.11 Å². The minimum Gasteiger partial charge on any atom is -0.480 e. The van der Waals surface area contributed by atoms with E-state index in [0.717, 1.165) is 0 Å². The summed E-state index contributed by atoms with van der Waals surface area (Å²) in [5.41, 5.74) is 0. The monoisotopic (exact) mass is 281 g/mol. The van der Waals surface area contributed by atoms with Crippen LogP contribution in [0.25, 0.3) is 0 Å². The van der Waals surface area contributed by atoms with Gasteiger partial charge in [-0.25, -0.2) is 13.1 Å². The summed E-state index contributed by atoms with van der Waals surface area (Å²) < 4.78 is 29.8. The van der Waals surface area contributed by atoms with Gasteiger partial charge in [0.05, 0.1) is 18.8 Å². The maximum absolute atomic E-state index is 11.6. The molecule has 18 heavy (non-hydrogen) atoms. The average Bonchev–Trinajstić information content (AvgIpc) is 2.23. The van der Waals surface area contributed by atoms with Crippen molar-refractivity contribution in [1.29, 1.82) is 0 Å². The lowest BCUT2D eigenvalue weighted by Gasteiger charge is -2.17. The number of rotatable bonds is 8. The summed E-state index contributed by atoms with van der Waals surface area (Å²) in [4.78, 5) is 21.9. The molecule has 0 heterocycles. The number of hydrogen-bond acceptors (Lipinski definition) is 5. The van der Waals surface area contributed by atoms with Crippen LogP contribution >= 0.6 is 0 Å². The molecule has 7 nitrogen and oxygen atoms in total. The molecule has 0 bridgehead atoms. The van der Waals surface area contributed by atoms with E-state index in [1.165, 1.54) is 0 Å². The van der Waals surface area contributed by atoms with Crippen LogP contribution < -0.4 is 4.72 Å². The number of aliphatic carboxylic acids is 1. The van der Waals surface area contributed by atoms with Crippen molar-refractivity contribution in [3.8, 4) is 0 Å². The maximum atomic E-state index is 11.6. The molecule has 0 saturated carbocycles. The molecule has 0 aliphatic rings. The average molecular weight is 281 g/mol. The first-order valence-electron chi connectivity index (χ1n) is 5.58. The standard InChI is InChI=1S/C10H19NO6S/c1-4-17-8(12)5-6-18(15,16)11-9(7(2)3)10(13)14/h7,9,11H,4-6H2,1-3H3,(H,13,14). The maximum Gasteiger partial charge on any atom is 0.321 e. The molecule has 0 spiro atoms. The van der Waals surface area contributed by atoms with Crippen molar-refractivity contribution >= 4 is 22.0 Å². The fraction of sp³-hybridized carbons (Fsp3) is 0.800. The number of hydrogen-bond donors (Lipinski definition) is 2. The highest BCUT2D eigenvalue weighted by Gasteiger charge is 2.27. The second kappa shape index (κ2) is 7.32. The highest BCUT2D eigenvalue weighted by molar-refractivity contribution is 7.89. The number of nitrogens with one attached hydrogen (secondary N) is 1. The molecular weight excluding hydrogens is 262 g/mol. The topological polar surface area (TPSA) is 110 Å². The summed E-state index contributed by atoms with van der Waals surface area (Å²) in [6.07, 6.45) is -0.298. The van der Waals surface area contributed by atoms with Gasteiger partial charge in [-0.3, -0.25) is 9.59 Å². The minimum atomic E-state index is -3.82. The van der Waals surface area contributed by atoms with Gasteiger partial charge in [-0.15, -0.1) is 0 Å². The number of sulfonamides is 1. The normalized spacial score (nSPS) is 13.3. The zero-order valence-electron chi connectivity index (χ0n) is 10.7. The third-order valence-corrected chi connectivity index (χ3v) is 3.47. The molecule has 106 valence electrons. The molecule has 0 aliphatic carbocycles. The van der Waals surface area contributed by atoms with Crippen LogP contribution in [0.1, 0.15) is 27.2 Å². The van der Waals surface area contributed by atoms with Gasteiger partial charge in [0.25, 0.3) is 0 Å². The van der Waals surface area contributed by atoms with Crippen molar-refractivity contribution in [2.75, 3.05) is 12.4 Å². The second-order valence-corrected chi connectivity index (χ2v) is 5.93. The molecule has 0 radical (unpaired) electrons. The fourth-order valence-corrected chi connectivity index (χ4v) is 2.49. The van der Waals surface area contributed by atoms with E-state index in [9.17, 15) is 18.0 Å². The Hall–Kier alpha value is -1.15.